The molecule has 18 heavy (non-hydrogen) atoms. The van der Waals surface area contributed by atoms with Crippen LogP contribution in [0.5, 0.6) is 0 Å². The lowest BCUT2D eigenvalue weighted by Gasteiger charge is -1.98. The zero-order valence-electron chi connectivity index (χ0n) is 9.13. The van der Waals surface area contributed by atoms with Crippen LogP contribution < -0.4 is 5.73 Å². The summed E-state index contributed by atoms with van der Waals surface area (Å²) >= 11 is 5.92. The first kappa shape index (κ1) is 10.9. The number of nitrogens with two attached hydrogens (primary N) is 1. The second kappa shape index (κ2) is 4.19. The number of halogens is 1. The van der Waals surface area contributed by atoms with E-state index in [0.29, 0.717) is 33.7 Å². The fraction of sp³-hybridized carbons (Fsp3) is 0. The molecular weight excluding hydrogens is 254 g/mol. The minimum atomic E-state index is 0.343. The summed E-state index contributed by atoms with van der Waals surface area (Å²) < 4.78 is 10.3. The number of rotatable bonds is 2. The normalized spacial score (nSPS) is 10.7. The summed E-state index contributed by atoms with van der Waals surface area (Å²) in [5.74, 6) is 1.27. The van der Waals surface area contributed by atoms with E-state index >= 15 is 0 Å². The first-order valence-corrected chi connectivity index (χ1v) is 5.54. The predicted molar refractivity (Wildman–Crippen MR) is 66.9 cm³/mol. The number of aromatic nitrogens is 2. The Morgan fingerprint density at radius 2 is 2.11 bits per heavy atom. The molecule has 2 N–H and O–H groups in total. The van der Waals surface area contributed by atoms with Gasteiger partial charge in [-0.15, -0.1) is 0 Å². The van der Waals surface area contributed by atoms with E-state index in [9.17, 15) is 0 Å². The maximum absolute atomic E-state index is 5.92. The molecule has 5 nitrogen and oxygen atoms in total. The van der Waals surface area contributed by atoms with Gasteiger partial charge in [0.15, 0.2) is 5.76 Å². The lowest BCUT2D eigenvalue weighted by atomic mass is 10.2. The van der Waals surface area contributed by atoms with Crippen molar-refractivity contribution in [1.29, 1.82) is 0 Å². The molecule has 0 unspecified atom stereocenters. The molecule has 0 radical (unpaired) electrons. The molecular formula is C12H8ClN3O2. The van der Waals surface area contributed by atoms with E-state index in [1.807, 2.05) is 0 Å². The average molecular weight is 262 g/mol. The molecule has 0 aliphatic rings. The van der Waals surface area contributed by atoms with E-state index in [2.05, 4.69) is 10.1 Å². The lowest BCUT2D eigenvalue weighted by Crippen LogP contribution is -1.86. The van der Waals surface area contributed by atoms with Crippen LogP contribution in [0.15, 0.2) is 45.5 Å². The van der Waals surface area contributed by atoms with Crippen molar-refractivity contribution < 1.29 is 8.94 Å². The van der Waals surface area contributed by atoms with Crippen molar-refractivity contribution in [2.45, 2.75) is 0 Å². The minimum absolute atomic E-state index is 0.343. The Labute approximate surface area is 107 Å². The summed E-state index contributed by atoms with van der Waals surface area (Å²) in [5, 5.41) is 4.35. The van der Waals surface area contributed by atoms with Crippen molar-refractivity contribution in [2.24, 2.45) is 0 Å². The fourth-order valence-electron chi connectivity index (χ4n) is 1.58. The molecule has 0 aliphatic heterocycles. The SMILES string of the molecule is Nc1cc(Cl)cc(-c2nc(-c3ccco3)no2)c1. The fourth-order valence-corrected chi connectivity index (χ4v) is 1.83. The van der Waals surface area contributed by atoms with Crippen LogP contribution in [0.4, 0.5) is 5.69 Å². The highest BCUT2D eigenvalue weighted by Gasteiger charge is 2.13. The molecule has 3 aromatic rings. The van der Waals surface area contributed by atoms with Crippen molar-refractivity contribution in [2.75, 3.05) is 5.73 Å². The molecule has 2 heterocycles. The van der Waals surface area contributed by atoms with Gasteiger partial charge in [-0.1, -0.05) is 16.8 Å². The van der Waals surface area contributed by atoms with Gasteiger partial charge < -0.3 is 14.7 Å². The van der Waals surface area contributed by atoms with Crippen LogP contribution in [0, 0.1) is 0 Å². The molecule has 0 fully saturated rings. The average Bonchev–Trinajstić information content (AvgIpc) is 2.99. The molecule has 0 saturated carbocycles. The van der Waals surface area contributed by atoms with Gasteiger partial charge in [-0.2, -0.15) is 4.98 Å². The third-order valence-electron chi connectivity index (χ3n) is 2.33. The van der Waals surface area contributed by atoms with Crippen LogP contribution in [-0.4, -0.2) is 10.1 Å². The number of furan rings is 1. The first-order chi connectivity index (χ1) is 8.72. The Morgan fingerprint density at radius 1 is 1.22 bits per heavy atom. The Morgan fingerprint density at radius 3 is 2.83 bits per heavy atom. The van der Waals surface area contributed by atoms with Crippen LogP contribution in [0.2, 0.25) is 5.02 Å². The molecule has 0 spiro atoms. The van der Waals surface area contributed by atoms with E-state index in [-0.39, 0.29) is 0 Å². The van der Waals surface area contributed by atoms with Gasteiger partial charge in [-0.25, -0.2) is 0 Å². The van der Waals surface area contributed by atoms with Gasteiger partial charge in [0.05, 0.1) is 6.26 Å². The monoisotopic (exact) mass is 261 g/mol. The smallest absolute Gasteiger partial charge is 0.258 e. The summed E-state index contributed by atoms with van der Waals surface area (Å²) in [4.78, 5) is 4.22. The molecule has 3 rings (SSSR count). The molecule has 0 saturated heterocycles. The number of hydrogen-bond donors (Lipinski definition) is 1. The maximum Gasteiger partial charge on any atom is 0.258 e. The second-order valence-corrected chi connectivity index (χ2v) is 4.11. The Hall–Kier alpha value is -2.27. The van der Waals surface area contributed by atoms with Gasteiger partial charge in [0.1, 0.15) is 0 Å². The van der Waals surface area contributed by atoms with E-state index < -0.39 is 0 Å². The van der Waals surface area contributed by atoms with Crippen LogP contribution in [0.25, 0.3) is 23.0 Å². The zero-order valence-corrected chi connectivity index (χ0v) is 9.89. The van der Waals surface area contributed by atoms with Gasteiger partial charge in [0.25, 0.3) is 5.89 Å². The van der Waals surface area contributed by atoms with Gasteiger partial charge in [0.2, 0.25) is 5.82 Å². The van der Waals surface area contributed by atoms with Crippen LogP contribution in [0.1, 0.15) is 0 Å². The molecule has 0 bridgehead atoms. The maximum atomic E-state index is 5.92. The van der Waals surface area contributed by atoms with Crippen molar-refractivity contribution in [3.8, 4) is 23.0 Å². The Balaban J connectivity index is 2.03. The van der Waals surface area contributed by atoms with E-state index in [1.54, 1.807) is 36.6 Å². The van der Waals surface area contributed by atoms with Gasteiger partial charge in [-0.3, -0.25) is 0 Å². The molecule has 1 aromatic carbocycles. The third kappa shape index (κ3) is 1.96. The quantitative estimate of drug-likeness (QED) is 0.717. The second-order valence-electron chi connectivity index (χ2n) is 3.67. The van der Waals surface area contributed by atoms with Crippen molar-refractivity contribution in [3.05, 3.63) is 41.6 Å². The number of nitrogen functional groups attached to an aromatic ring is 1. The molecule has 6 heteroatoms. The third-order valence-corrected chi connectivity index (χ3v) is 2.55. The summed E-state index contributed by atoms with van der Waals surface area (Å²) in [6, 6.07) is 8.57. The Kier molecular flexibility index (Phi) is 2.53. The highest BCUT2D eigenvalue weighted by Crippen LogP contribution is 2.26. The standard InChI is InChI=1S/C12H8ClN3O2/c13-8-4-7(5-9(14)6-8)12-15-11(16-18-12)10-2-1-3-17-10/h1-6H,14H2. The topological polar surface area (TPSA) is 78.1 Å². The van der Waals surface area contributed by atoms with E-state index in [1.165, 1.54) is 0 Å². The van der Waals surface area contributed by atoms with Crippen LogP contribution in [0.3, 0.4) is 0 Å². The van der Waals surface area contributed by atoms with Crippen LogP contribution in [-0.2, 0) is 0 Å². The molecule has 0 atom stereocenters. The van der Waals surface area contributed by atoms with Gasteiger partial charge >= 0.3 is 0 Å². The first-order valence-electron chi connectivity index (χ1n) is 5.16. The number of anilines is 1. The van der Waals surface area contributed by atoms with E-state index in [0.717, 1.165) is 0 Å². The molecule has 2 aromatic heterocycles. The summed E-state index contributed by atoms with van der Waals surface area (Å²) in [6.07, 6.45) is 1.54. The number of nitrogens with zero attached hydrogens (tertiary/aromatic N) is 2. The highest BCUT2D eigenvalue weighted by molar-refractivity contribution is 6.31. The molecule has 90 valence electrons. The largest absolute Gasteiger partial charge is 0.461 e. The highest BCUT2D eigenvalue weighted by atomic mass is 35.5. The van der Waals surface area contributed by atoms with Crippen LogP contribution >= 0.6 is 11.6 Å². The minimum Gasteiger partial charge on any atom is -0.461 e. The molecule has 0 aliphatic carbocycles. The van der Waals surface area contributed by atoms with Crippen molar-refractivity contribution >= 4 is 17.3 Å². The summed E-state index contributed by atoms with van der Waals surface area (Å²) in [5.41, 5.74) is 6.91. The van der Waals surface area contributed by atoms with Crippen molar-refractivity contribution in [3.63, 3.8) is 0 Å². The predicted octanol–water partition coefficient (Wildman–Crippen LogP) is 3.23. The number of benzene rings is 1. The molecule has 0 amide bonds. The summed E-state index contributed by atoms with van der Waals surface area (Å²) in [7, 11) is 0. The number of hydrogen-bond acceptors (Lipinski definition) is 5. The van der Waals surface area contributed by atoms with Gasteiger partial charge in [-0.05, 0) is 30.3 Å². The van der Waals surface area contributed by atoms with Crippen molar-refractivity contribution in [1.82, 2.24) is 10.1 Å². The van der Waals surface area contributed by atoms with Gasteiger partial charge in [0, 0.05) is 16.3 Å². The zero-order chi connectivity index (χ0) is 12.5. The Bertz CT molecular complexity index is 656. The summed E-state index contributed by atoms with van der Waals surface area (Å²) in [6.45, 7) is 0. The lowest BCUT2D eigenvalue weighted by molar-refractivity contribution is 0.429. The van der Waals surface area contributed by atoms with E-state index in [4.69, 9.17) is 26.3 Å².